The number of hydrogen-bond donors (Lipinski definition) is 1. The molecule has 0 unspecified atom stereocenters. The van der Waals surface area contributed by atoms with Gasteiger partial charge in [-0.2, -0.15) is 13.2 Å². The van der Waals surface area contributed by atoms with Crippen molar-refractivity contribution >= 4 is 29.1 Å². The summed E-state index contributed by atoms with van der Waals surface area (Å²) in [4.78, 5) is 40.6. The summed E-state index contributed by atoms with van der Waals surface area (Å²) < 4.78 is 31.7. The van der Waals surface area contributed by atoms with E-state index in [1.807, 2.05) is 4.90 Å². The van der Waals surface area contributed by atoms with Crippen LogP contribution in [0.3, 0.4) is 0 Å². The third kappa shape index (κ3) is 6.18. The van der Waals surface area contributed by atoms with Crippen molar-refractivity contribution in [2.24, 2.45) is 0 Å². The topological polar surface area (TPSA) is 81.2 Å². The van der Waals surface area contributed by atoms with Crippen molar-refractivity contribution in [1.82, 2.24) is 14.7 Å². The summed E-state index contributed by atoms with van der Waals surface area (Å²) in [6.07, 6.45) is -1.64. The largest absolute Gasteiger partial charge is 0.490 e. The minimum absolute atomic E-state index is 0.0145. The maximum absolute atomic E-state index is 12.3. The summed E-state index contributed by atoms with van der Waals surface area (Å²) in [5.74, 6) is -2.60. The van der Waals surface area contributed by atoms with Gasteiger partial charge in [-0.3, -0.25) is 14.5 Å². The van der Waals surface area contributed by atoms with E-state index in [2.05, 4.69) is 22.4 Å². The number of carboxylic acids is 1. The molecule has 2 aliphatic rings. The number of halogens is 3. The molecule has 2 fully saturated rings. The van der Waals surface area contributed by atoms with Crippen molar-refractivity contribution in [2.75, 3.05) is 33.7 Å². The number of likely N-dealkylation sites (N-methyl/N-ethyl adjacent to an activating group) is 1. The number of carbonyl (C=O) groups is 3. The first kappa shape index (κ1) is 24.1. The third-order valence-electron chi connectivity index (χ3n) is 5.46. The molecule has 1 aromatic rings. The van der Waals surface area contributed by atoms with Crippen LogP contribution in [0.5, 0.6) is 0 Å². The Hall–Kier alpha value is -2.14. The third-order valence-corrected chi connectivity index (χ3v) is 6.32. The van der Waals surface area contributed by atoms with E-state index in [4.69, 9.17) is 9.90 Å². The van der Waals surface area contributed by atoms with Gasteiger partial charge in [0, 0.05) is 50.6 Å². The number of carboxylic acid groups (broad SMARTS) is 1. The standard InChI is InChI=1S/C17H25N3O2S.C2HF3O2/c1-18(2)16(22)13-20-15(21)5-6-17(20)7-9-19(10-8-17)12-14-4-3-11-23-14;3-2(4,5)1(6)7/h3-4,11H,5-10,12-13H2,1-2H3;(H,6,7). The second-order valence-electron chi connectivity index (χ2n) is 7.65. The van der Waals surface area contributed by atoms with Crippen LogP contribution >= 0.6 is 11.3 Å². The highest BCUT2D eigenvalue weighted by molar-refractivity contribution is 7.09. The smallest absolute Gasteiger partial charge is 0.475 e. The van der Waals surface area contributed by atoms with E-state index >= 15 is 0 Å². The Bertz CT molecular complexity index is 745. The van der Waals surface area contributed by atoms with Gasteiger partial charge in [-0.05, 0) is 30.7 Å². The molecule has 3 heterocycles. The van der Waals surface area contributed by atoms with Crippen LogP contribution in [0.15, 0.2) is 17.5 Å². The van der Waals surface area contributed by atoms with Crippen molar-refractivity contribution in [1.29, 1.82) is 0 Å². The van der Waals surface area contributed by atoms with E-state index in [9.17, 15) is 22.8 Å². The predicted molar refractivity (Wildman–Crippen MR) is 105 cm³/mol. The molecule has 0 atom stereocenters. The van der Waals surface area contributed by atoms with Crippen molar-refractivity contribution in [3.05, 3.63) is 22.4 Å². The minimum Gasteiger partial charge on any atom is -0.475 e. The summed E-state index contributed by atoms with van der Waals surface area (Å²) in [6, 6.07) is 4.27. The lowest BCUT2D eigenvalue weighted by atomic mass is 9.85. The Balaban J connectivity index is 0.000000396. The van der Waals surface area contributed by atoms with Gasteiger partial charge in [-0.1, -0.05) is 6.07 Å². The van der Waals surface area contributed by atoms with Crippen molar-refractivity contribution in [2.45, 2.75) is 43.9 Å². The van der Waals surface area contributed by atoms with Crippen molar-refractivity contribution in [3.63, 3.8) is 0 Å². The highest BCUT2D eigenvalue weighted by atomic mass is 32.1. The quantitative estimate of drug-likeness (QED) is 0.764. The zero-order chi connectivity index (χ0) is 22.5. The van der Waals surface area contributed by atoms with Crippen LogP contribution in [-0.4, -0.2) is 83.0 Å². The molecule has 0 aliphatic carbocycles. The first-order valence-corrected chi connectivity index (χ1v) is 10.4. The summed E-state index contributed by atoms with van der Waals surface area (Å²) >= 11 is 1.80. The summed E-state index contributed by atoms with van der Waals surface area (Å²) in [5.41, 5.74) is -0.0886. The van der Waals surface area contributed by atoms with Gasteiger partial charge in [-0.15, -0.1) is 11.3 Å². The van der Waals surface area contributed by atoms with Crippen LogP contribution in [-0.2, 0) is 20.9 Å². The monoisotopic (exact) mass is 449 g/mol. The summed E-state index contributed by atoms with van der Waals surface area (Å²) in [6.45, 7) is 3.23. The summed E-state index contributed by atoms with van der Waals surface area (Å²) in [5, 5.41) is 9.24. The maximum Gasteiger partial charge on any atom is 0.490 e. The molecule has 2 aliphatic heterocycles. The lowest BCUT2D eigenvalue weighted by Gasteiger charge is -2.44. The number of alkyl halides is 3. The van der Waals surface area contributed by atoms with Gasteiger partial charge >= 0.3 is 12.1 Å². The minimum atomic E-state index is -5.08. The zero-order valence-corrected chi connectivity index (χ0v) is 17.8. The molecule has 2 saturated heterocycles. The second kappa shape index (κ2) is 9.78. The van der Waals surface area contributed by atoms with Crippen LogP contribution in [0.4, 0.5) is 13.2 Å². The van der Waals surface area contributed by atoms with Crippen molar-refractivity contribution in [3.8, 4) is 0 Å². The molecule has 0 radical (unpaired) electrons. The molecule has 168 valence electrons. The lowest BCUT2D eigenvalue weighted by Crippen LogP contribution is -2.55. The van der Waals surface area contributed by atoms with E-state index in [0.29, 0.717) is 6.42 Å². The van der Waals surface area contributed by atoms with E-state index < -0.39 is 12.1 Å². The second-order valence-corrected chi connectivity index (χ2v) is 8.68. The number of aliphatic carboxylic acids is 1. The lowest BCUT2D eigenvalue weighted by molar-refractivity contribution is -0.192. The molecule has 1 N–H and O–H groups in total. The number of carbonyl (C=O) groups excluding carboxylic acids is 2. The highest BCUT2D eigenvalue weighted by Crippen LogP contribution is 2.39. The SMILES string of the molecule is CN(C)C(=O)CN1C(=O)CCC12CCN(Cc1cccs1)CC2.O=C(O)C(F)(F)F. The number of piperidine rings is 1. The fourth-order valence-corrected chi connectivity index (χ4v) is 4.42. The maximum atomic E-state index is 12.3. The van der Waals surface area contributed by atoms with Gasteiger partial charge in [0.1, 0.15) is 6.54 Å². The zero-order valence-electron chi connectivity index (χ0n) is 16.9. The fraction of sp³-hybridized carbons (Fsp3) is 0.632. The van der Waals surface area contributed by atoms with Gasteiger partial charge in [-0.25, -0.2) is 4.79 Å². The van der Waals surface area contributed by atoms with Crippen LogP contribution in [0.2, 0.25) is 0 Å². The van der Waals surface area contributed by atoms with Gasteiger partial charge in [0.2, 0.25) is 11.8 Å². The number of hydrogen-bond acceptors (Lipinski definition) is 5. The first-order chi connectivity index (χ1) is 13.9. The normalized spacial score (nSPS) is 18.8. The molecular weight excluding hydrogens is 423 g/mol. The molecule has 0 aromatic carbocycles. The number of likely N-dealkylation sites (tertiary alicyclic amines) is 2. The van der Waals surface area contributed by atoms with Crippen LogP contribution in [0.1, 0.15) is 30.6 Å². The Labute approximate surface area is 177 Å². The Kier molecular flexibility index (Phi) is 7.87. The average Bonchev–Trinajstić information content (AvgIpc) is 3.27. The number of thiophene rings is 1. The Morgan fingerprint density at radius 1 is 1.23 bits per heavy atom. The van der Waals surface area contributed by atoms with Gasteiger partial charge in [0.05, 0.1) is 0 Å². The number of rotatable bonds is 4. The van der Waals surface area contributed by atoms with Crippen molar-refractivity contribution < 1.29 is 32.7 Å². The highest BCUT2D eigenvalue weighted by Gasteiger charge is 2.47. The van der Waals surface area contributed by atoms with Crippen LogP contribution in [0, 0.1) is 0 Å². The van der Waals surface area contributed by atoms with Gasteiger partial charge in [0.15, 0.2) is 0 Å². The van der Waals surface area contributed by atoms with Crippen LogP contribution < -0.4 is 0 Å². The van der Waals surface area contributed by atoms with E-state index in [1.165, 1.54) is 4.88 Å². The fourth-order valence-electron chi connectivity index (χ4n) is 3.68. The molecule has 11 heteroatoms. The molecule has 30 heavy (non-hydrogen) atoms. The average molecular weight is 449 g/mol. The molecule has 0 saturated carbocycles. The van der Waals surface area contributed by atoms with E-state index in [-0.39, 0.29) is 23.9 Å². The molecule has 2 amide bonds. The predicted octanol–water partition coefficient (Wildman–Crippen LogP) is 2.43. The Morgan fingerprint density at radius 2 is 1.83 bits per heavy atom. The number of amides is 2. The number of nitrogens with zero attached hydrogens (tertiary/aromatic N) is 3. The van der Waals surface area contributed by atoms with E-state index in [0.717, 1.165) is 38.9 Å². The van der Waals surface area contributed by atoms with Gasteiger partial charge in [0.25, 0.3) is 0 Å². The van der Waals surface area contributed by atoms with Gasteiger partial charge < -0.3 is 14.9 Å². The van der Waals surface area contributed by atoms with Crippen LogP contribution in [0.25, 0.3) is 0 Å². The molecule has 0 bridgehead atoms. The van der Waals surface area contributed by atoms with E-state index in [1.54, 1.807) is 30.3 Å². The first-order valence-electron chi connectivity index (χ1n) is 9.50. The Morgan fingerprint density at radius 3 is 2.30 bits per heavy atom. The molecule has 7 nitrogen and oxygen atoms in total. The molecule has 1 aromatic heterocycles. The molecule has 1 spiro atoms. The molecule has 3 rings (SSSR count). The molecular formula is C19H26F3N3O4S. The summed E-state index contributed by atoms with van der Waals surface area (Å²) in [7, 11) is 3.50.